The van der Waals surface area contributed by atoms with Crippen molar-refractivity contribution in [1.82, 2.24) is 15.2 Å². The fourth-order valence-electron chi connectivity index (χ4n) is 5.34. The van der Waals surface area contributed by atoms with Crippen LogP contribution in [0, 0.1) is 5.92 Å². The summed E-state index contributed by atoms with van der Waals surface area (Å²) >= 11 is 0. The van der Waals surface area contributed by atoms with Gasteiger partial charge in [0.15, 0.2) is 0 Å². The molecule has 3 aromatic rings. The molecule has 210 valence electrons. The van der Waals surface area contributed by atoms with Crippen LogP contribution in [0.5, 0.6) is 5.88 Å². The summed E-state index contributed by atoms with van der Waals surface area (Å²) in [6.45, 7) is 11.1. The van der Waals surface area contributed by atoms with Crippen LogP contribution < -0.4 is 10.1 Å². The summed E-state index contributed by atoms with van der Waals surface area (Å²) in [6, 6.07) is 14.8. The molecular formula is C31H35N3O6. The Kier molecular flexibility index (Phi) is 7.16. The lowest BCUT2D eigenvalue weighted by molar-refractivity contribution is -0.149. The van der Waals surface area contributed by atoms with Crippen molar-refractivity contribution in [2.75, 3.05) is 13.2 Å². The highest BCUT2D eigenvalue weighted by Crippen LogP contribution is 2.46. The van der Waals surface area contributed by atoms with Gasteiger partial charge in [0.25, 0.3) is 0 Å². The lowest BCUT2D eigenvalue weighted by atomic mass is 10.1. The first-order chi connectivity index (χ1) is 19.1. The second-order valence-electron chi connectivity index (χ2n) is 11.3. The minimum atomic E-state index is -1.18. The smallest absolute Gasteiger partial charge is 0.411 e. The van der Waals surface area contributed by atoms with E-state index in [1.54, 1.807) is 33.8 Å². The molecule has 2 heterocycles. The van der Waals surface area contributed by atoms with E-state index in [0.29, 0.717) is 12.3 Å². The van der Waals surface area contributed by atoms with Crippen molar-refractivity contribution in [1.29, 1.82) is 0 Å². The number of para-hydroxylation sites is 1. The Morgan fingerprint density at radius 2 is 1.77 bits per heavy atom. The highest BCUT2D eigenvalue weighted by Gasteiger charge is 2.62. The largest absolute Gasteiger partial charge is 0.472 e. The maximum absolute atomic E-state index is 13.7. The van der Waals surface area contributed by atoms with Crippen LogP contribution in [-0.4, -0.2) is 64.3 Å². The molecule has 9 nitrogen and oxygen atoms in total. The molecule has 1 N–H and O–H groups in total. The number of nitrogens with one attached hydrogen (secondary N) is 1. The van der Waals surface area contributed by atoms with Gasteiger partial charge in [-0.1, -0.05) is 42.5 Å². The van der Waals surface area contributed by atoms with Gasteiger partial charge in [-0.05, 0) is 51.6 Å². The normalized spacial score (nSPS) is 24.0. The average Bonchev–Trinajstić information content (AvgIpc) is 3.47. The molecule has 1 saturated heterocycles. The van der Waals surface area contributed by atoms with E-state index in [9.17, 15) is 14.4 Å². The first-order valence-corrected chi connectivity index (χ1v) is 13.6. The van der Waals surface area contributed by atoms with Gasteiger partial charge in [-0.25, -0.2) is 14.6 Å². The molecule has 1 aromatic heterocycles. The SMILES string of the molecule is C=CC1CC1(NC(=O)C1CC(Oc2nc3ccccc3c3ccccc23)CN1C(=O)OC(C)(C)C)C(=O)OCC. The van der Waals surface area contributed by atoms with Gasteiger partial charge >= 0.3 is 12.1 Å². The molecule has 2 fully saturated rings. The third-order valence-electron chi connectivity index (χ3n) is 7.33. The van der Waals surface area contributed by atoms with Gasteiger partial charge in [0.2, 0.25) is 11.8 Å². The molecule has 4 atom stereocenters. The van der Waals surface area contributed by atoms with Crippen molar-refractivity contribution < 1.29 is 28.6 Å². The van der Waals surface area contributed by atoms with E-state index in [0.717, 1.165) is 21.7 Å². The molecule has 1 aliphatic heterocycles. The monoisotopic (exact) mass is 545 g/mol. The zero-order chi connectivity index (χ0) is 28.7. The van der Waals surface area contributed by atoms with Crippen LogP contribution in [0.4, 0.5) is 4.79 Å². The molecule has 0 radical (unpaired) electrons. The van der Waals surface area contributed by atoms with E-state index in [2.05, 4.69) is 11.9 Å². The number of fused-ring (bicyclic) bond motifs is 3. The van der Waals surface area contributed by atoms with Crippen LogP contribution in [0.1, 0.15) is 40.5 Å². The number of rotatable bonds is 7. The van der Waals surface area contributed by atoms with Crippen molar-refractivity contribution in [3.63, 3.8) is 0 Å². The summed E-state index contributed by atoms with van der Waals surface area (Å²) in [4.78, 5) is 45.8. The van der Waals surface area contributed by atoms with Crippen molar-refractivity contribution >= 4 is 39.6 Å². The van der Waals surface area contributed by atoms with E-state index in [1.165, 1.54) is 4.90 Å². The third-order valence-corrected chi connectivity index (χ3v) is 7.33. The predicted molar refractivity (Wildman–Crippen MR) is 151 cm³/mol. The highest BCUT2D eigenvalue weighted by molar-refractivity contribution is 6.07. The lowest BCUT2D eigenvalue weighted by Gasteiger charge is -2.28. The number of ether oxygens (including phenoxy) is 3. The molecule has 9 heteroatoms. The molecule has 2 aliphatic rings. The van der Waals surface area contributed by atoms with E-state index in [4.69, 9.17) is 19.2 Å². The number of esters is 1. The van der Waals surface area contributed by atoms with Gasteiger partial charge in [0.05, 0.1) is 18.7 Å². The number of pyridine rings is 1. The third kappa shape index (κ3) is 5.20. The van der Waals surface area contributed by atoms with Gasteiger partial charge in [-0.2, -0.15) is 0 Å². The molecule has 2 amide bonds. The van der Waals surface area contributed by atoms with Crippen molar-refractivity contribution in [2.45, 2.75) is 63.8 Å². The predicted octanol–water partition coefficient (Wildman–Crippen LogP) is 4.77. The zero-order valence-electron chi connectivity index (χ0n) is 23.3. The second kappa shape index (κ2) is 10.4. The molecule has 5 rings (SSSR count). The van der Waals surface area contributed by atoms with Crippen LogP contribution in [0.15, 0.2) is 61.2 Å². The molecule has 2 aromatic carbocycles. The topological polar surface area (TPSA) is 107 Å². The van der Waals surface area contributed by atoms with E-state index < -0.39 is 41.3 Å². The second-order valence-corrected chi connectivity index (χ2v) is 11.3. The number of carbonyl (C=O) groups is 3. The number of hydrogen-bond acceptors (Lipinski definition) is 7. The van der Waals surface area contributed by atoms with E-state index in [1.807, 2.05) is 48.5 Å². The van der Waals surface area contributed by atoms with Crippen LogP contribution in [-0.2, 0) is 19.1 Å². The van der Waals surface area contributed by atoms with Gasteiger partial charge in [0.1, 0.15) is 23.3 Å². The number of aromatic nitrogens is 1. The van der Waals surface area contributed by atoms with Gasteiger partial charge in [0, 0.05) is 23.1 Å². The number of nitrogens with zero attached hydrogens (tertiary/aromatic N) is 2. The summed E-state index contributed by atoms with van der Waals surface area (Å²) in [5, 5.41) is 5.72. The standard InChI is InChI=1S/C31H35N3O6/c1-6-19-17-31(19,28(36)38-7-2)33-26(35)25-16-20(18-34(25)29(37)40-30(3,4)5)39-27-23-14-9-8-12-21(23)22-13-10-11-15-24(22)32-27/h6,8-15,19-20,25H,1,7,16-18H2,2-5H3,(H,33,35). The maximum Gasteiger partial charge on any atom is 0.411 e. The number of likely N-dealkylation sites (tertiary alicyclic amines) is 1. The van der Waals surface area contributed by atoms with Crippen LogP contribution in [0.2, 0.25) is 0 Å². The molecule has 0 spiro atoms. The fraction of sp³-hybridized carbons (Fsp3) is 0.419. The Morgan fingerprint density at radius 1 is 1.10 bits per heavy atom. The summed E-state index contributed by atoms with van der Waals surface area (Å²) in [6.07, 6.45) is 1.07. The Labute approximate surface area is 233 Å². The zero-order valence-corrected chi connectivity index (χ0v) is 23.3. The Hall–Kier alpha value is -4.14. The number of hydrogen-bond donors (Lipinski definition) is 1. The summed E-state index contributed by atoms with van der Waals surface area (Å²) in [5.41, 5.74) is -1.15. The summed E-state index contributed by atoms with van der Waals surface area (Å²) < 4.78 is 17.3. The van der Waals surface area contributed by atoms with Crippen LogP contribution in [0.3, 0.4) is 0 Å². The van der Waals surface area contributed by atoms with Crippen LogP contribution >= 0.6 is 0 Å². The van der Waals surface area contributed by atoms with Crippen molar-refractivity contribution in [3.05, 3.63) is 61.2 Å². The number of amides is 2. The first-order valence-electron chi connectivity index (χ1n) is 13.6. The highest BCUT2D eigenvalue weighted by atomic mass is 16.6. The molecule has 4 unspecified atom stereocenters. The van der Waals surface area contributed by atoms with Gasteiger partial charge in [-0.3, -0.25) is 9.69 Å². The van der Waals surface area contributed by atoms with Crippen molar-refractivity contribution in [2.24, 2.45) is 5.92 Å². The summed E-state index contributed by atoms with van der Waals surface area (Å²) in [5.74, 6) is -0.783. The van der Waals surface area contributed by atoms with E-state index in [-0.39, 0.29) is 25.5 Å². The fourth-order valence-corrected chi connectivity index (χ4v) is 5.34. The number of carbonyl (C=O) groups excluding carboxylic acids is 3. The number of benzene rings is 2. The molecule has 40 heavy (non-hydrogen) atoms. The lowest BCUT2D eigenvalue weighted by Crippen LogP contribution is -2.53. The maximum atomic E-state index is 13.7. The Bertz CT molecular complexity index is 1480. The van der Waals surface area contributed by atoms with Gasteiger partial charge < -0.3 is 19.5 Å². The average molecular weight is 546 g/mol. The quantitative estimate of drug-likeness (QED) is 0.259. The van der Waals surface area contributed by atoms with Gasteiger partial charge in [-0.15, -0.1) is 6.58 Å². The Morgan fingerprint density at radius 3 is 2.42 bits per heavy atom. The van der Waals surface area contributed by atoms with Crippen LogP contribution in [0.25, 0.3) is 21.7 Å². The first kappa shape index (κ1) is 27.4. The molecular weight excluding hydrogens is 510 g/mol. The molecule has 1 aliphatic carbocycles. The Balaban J connectivity index is 1.43. The minimum Gasteiger partial charge on any atom is -0.472 e. The molecule has 1 saturated carbocycles. The van der Waals surface area contributed by atoms with Crippen molar-refractivity contribution in [3.8, 4) is 5.88 Å². The summed E-state index contributed by atoms with van der Waals surface area (Å²) in [7, 11) is 0. The minimum absolute atomic E-state index is 0.118. The van der Waals surface area contributed by atoms with E-state index >= 15 is 0 Å². The molecule has 0 bridgehead atoms.